The van der Waals surface area contributed by atoms with Gasteiger partial charge < -0.3 is 4.90 Å². The molecule has 0 spiro atoms. The van der Waals surface area contributed by atoms with Crippen molar-refractivity contribution in [2.75, 3.05) is 7.05 Å². The van der Waals surface area contributed by atoms with Gasteiger partial charge in [0.25, 0.3) is 5.91 Å². The highest BCUT2D eigenvalue weighted by atomic mass is 35.5. The van der Waals surface area contributed by atoms with Crippen molar-refractivity contribution in [2.45, 2.75) is 6.54 Å². The molecule has 1 aromatic carbocycles. The van der Waals surface area contributed by atoms with Crippen LogP contribution in [0.1, 0.15) is 15.2 Å². The zero-order valence-corrected chi connectivity index (χ0v) is 11.6. The third-order valence-corrected chi connectivity index (χ3v) is 3.76. The fraction of sp³-hybridized carbons (Fsp3) is 0.154. The molecule has 0 saturated heterocycles. The summed E-state index contributed by atoms with van der Waals surface area (Å²) in [4.78, 5) is 14.1. The fourth-order valence-corrected chi connectivity index (χ4v) is 2.78. The number of carbonyl (C=O) groups excluding carboxylic acids is 1. The first kappa shape index (κ1) is 14.0. The van der Waals surface area contributed by atoms with Crippen molar-refractivity contribution in [1.29, 1.82) is 0 Å². The summed E-state index contributed by atoms with van der Waals surface area (Å²) in [5, 5.41) is 0. The van der Waals surface area contributed by atoms with E-state index in [2.05, 4.69) is 0 Å². The van der Waals surface area contributed by atoms with Crippen LogP contribution >= 0.6 is 22.9 Å². The molecule has 0 aliphatic carbocycles. The molecule has 6 heteroatoms. The fourth-order valence-electron chi connectivity index (χ4n) is 1.64. The molecule has 100 valence electrons. The summed E-state index contributed by atoms with van der Waals surface area (Å²) < 4.78 is 27.6. The molecule has 0 atom stereocenters. The molecule has 2 nitrogen and oxygen atoms in total. The van der Waals surface area contributed by atoms with Crippen molar-refractivity contribution in [2.24, 2.45) is 0 Å². The summed E-state index contributed by atoms with van der Waals surface area (Å²) in [7, 11) is 1.49. The molecule has 0 radical (unpaired) electrons. The second-order valence-electron chi connectivity index (χ2n) is 3.96. The second-order valence-corrected chi connectivity index (χ2v) is 5.76. The van der Waals surface area contributed by atoms with Crippen molar-refractivity contribution >= 4 is 28.8 Å². The molecule has 0 N–H and O–H groups in total. The van der Waals surface area contributed by atoms with Crippen LogP contribution in [0.3, 0.4) is 0 Å². The molecule has 0 aliphatic rings. The summed E-state index contributed by atoms with van der Waals surface area (Å²) in [6, 6.07) is 6.83. The first-order valence-electron chi connectivity index (χ1n) is 5.42. The van der Waals surface area contributed by atoms with Gasteiger partial charge in [0.1, 0.15) is 17.2 Å². The smallest absolute Gasteiger partial charge is 0.259 e. The lowest BCUT2D eigenvalue weighted by atomic mass is 10.1. The van der Waals surface area contributed by atoms with Crippen molar-refractivity contribution in [3.05, 3.63) is 56.7 Å². The Balaban J connectivity index is 2.19. The second kappa shape index (κ2) is 5.67. The first-order valence-corrected chi connectivity index (χ1v) is 6.62. The van der Waals surface area contributed by atoms with E-state index in [9.17, 15) is 13.6 Å². The van der Waals surface area contributed by atoms with Crippen LogP contribution in [0.25, 0.3) is 0 Å². The Labute approximate surface area is 118 Å². The average molecular weight is 302 g/mol. The summed E-state index contributed by atoms with van der Waals surface area (Å²) in [6.45, 7) is 0.254. The number of amides is 1. The number of carbonyl (C=O) groups is 1. The number of halogens is 3. The van der Waals surface area contributed by atoms with Crippen LogP contribution in [0, 0.1) is 11.6 Å². The monoisotopic (exact) mass is 301 g/mol. The highest BCUT2D eigenvalue weighted by Crippen LogP contribution is 2.23. The summed E-state index contributed by atoms with van der Waals surface area (Å²) in [5.41, 5.74) is -0.535. The van der Waals surface area contributed by atoms with Crippen LogP contribution in [0.4, 0.5) is 8.78 Å². The number of benzene rings is 1. The molecule has 2 rings (SSSR count). The van der Waals surface area contributed by atoms with Gasteiger partial charge >= 0.3 is 0 Å². The van der Waals surface area contributed by atoms with Gasteiger partial charge in [0, 0.05) is 11.9 Å². The minimum atomic E-state index is -0.860. The molecule has 2 aromatic rings. The van der Waals surface area contributed by atoms with E-state index >= 15 is 0 Å². The van der Waals surface area contributed by atoms with E-state index < -0.39 is 23.1 Å². The maximum Gasteiger partial charge on any atom is 0.259 e. The van der Waals surface area contributed by atoms with Gasteiger partial charge in [-0.3, -0.25) is 4.79 Å². The lowest BCUT2D eigenvalue weighted by Crippen LogP contribution is -2.27. The molecule has 1 heterocycles. The number of hydrogen-bond acceptors (Lipinski definition) is 2. The lowest BCUT2D eigenvalue weighted by Gasteiger charge is -2.17. The Morgan fingerprint density at radius 3 is 2.42 bits per heavy atom. The standard InChI is InChI=1S/C13H10ClF2NOS/c1-17(7-8-5-6-11(14)19-8)13(18)12-9(15)3-2-4-10(12)16/h2-6H,7H2,1H3. The topological polar surface area (TPSA) is 20.3 Å². The summed E-state index contributed by atoms with van der Waals surface area (Å²) in [5.74, 6) is -2.41. The Morgan fingerprint density at radius 2 is 1.89 bits per heavy atom. The molecule has 1 amide bonds. The Kier molecular flexibility index (Phi) is 4.17. The van der Waals surface area contributed by atoms with E-state index in [-0.39, 0.29) is 6.54 Å². The first-order chi connectivity index (χ1) is 8.99. The van der Waals surface area contributed by atoms with Gasteiger partial charge in [-0.25, -0.2) is 8.78 Å². The van der Waals surface area contributed by atoms with Gasteiger partial charge in [-0.2, -0.15) is 0 Å². The molecular weight excluding hydrogens is 292 g/mol. The zero-order valence-electron chi connectivity index (χ0n) is 9.99. The lowest BCUT2D eigenvalue weighted by molar-refractivity contribution is 0.0776. The number of thiophene rings is 1. The van der Waals surface area contributed by atoms with Crippen molar-refractivity contribution in [3.8, 4) is 0 Å². The van der Waals surface area contributed by atoms with Gasteiger partial charge in [0.2, 0.25) is 0 Å². The van der Waals surface area contributed by atoms with Crippen LogP contribution in [-0.4, -0.2) is 17.9 Å². The predicted molar refractivity (Wildman–Crippen MR) is 71.5 cm³/mol. The maximum atomic E-state index is 13.5. The van der Waals surface area contributed by atoms with E-state index in [1.54, 1.807) is 12.1 Å². The molecule has 0 bridgehead atoms. The van der Waals surface area contributed by atoms with Crippen molar-refractivity contribution in [1.82, 2.24) is 4.90 Å². The van der Waals surface area contributed by atoms with Gasteiger partial charge in [0.15, 0.2) is 0 Å². The molecule has 1 aromatic heterocycles. The van der Waals surface area contributed by atoms with Crippen LogP contribution in [0.5, 0.6) is 0 Å². The van der Waals surface area contributed by atoms with Gasteiger partial charge in [-0.05, 0) is 24.3 Å². The average Bonchev–Trinajstić information content (AvgIpc) is 2.74. The molecule has 19 heavy (non-hydrogen) atoms. The normalized spacial score (nSPS) is 10.5. The minimum Gasteiger partial charge on any atom is -0.336 e. The third kappa shape index (κ3) is 3.11. The predicted octanol–water partition coefficient (Wildman–Crippen LogP) is 3.95. The summed E-state index contributed by atoms with van der Waals surface area (Å²) in [6.07, 6.45) is 0. The number of hydrogen-bond donors (Lipinski definition) is 0. The molecule has 0 aliphatic heterocycles. The maximum absolute atomic E-state index is 13.5. The van der Waals surface area contributed by atoms with E-state index in [1.807, 2.05) is 0 Å². The summed E-state index contributed by atoms with van der Waals surface area (Å²) >= 11 is 7.11. The van der Waals surface area contributed by atoms with E-state index in [0.717, 1.165) is 17.0 Å². The van der Waals surface area contributed by atoms with Crippen molar-refractivity contribution in [3.63, 3.8) is 0 Å². The van der Waals surface area contributed by atoms with Crippen LogP contribution in [-0.2, 0) is 6.54 Å². The van der Waals surface area contributed by atoms with E-state index in [0.29, 0.717) is 4.34 Å². The van der Waals surface area contributed by atoms with E-state index in [4.69, 9.17) is 11.6 Å². The van der Waals surface area contributed by atoms with E-state index in [1.165, 1.54) is 29.4 Å². The Morgan fingerprint density at radius 1 is 1.26 bits per heavy atom. The largest absolute Gasteiger partial charge is 0.336 e. The van der Waals surface area contributed by atoms with Crippen LogP contribution in [0.15, 0.2) is 30.3 Å². The molecule has 0 unspecified atom stereocenters. The Hall–Kier alpha value is -1.46. The highest BCUT2D eigenvalue weighted by molar-refractivity contribution is 7.16. The molecule has 0 fully saturated rings. The van der Waals surface area contributed by atoms with Crippen LogP contribution in [0.2, 0.25) is 4.34 Å². The number of nitrogens with zero attached hydrogens (tertiary/aromatic N) is 1. The zero-order chi connectivity index (χ0) is 14.0. The molecular formula is C13H10ClF2NOS. The van der Waals surface area contributed by atoms with Gasteiger partial charge in [-0.1, -0.05) is 17.7 Å². The van der Waals surface area contributed by atoms with Crippen LogP contribution < -0.4 is 0 Å². The number of rotatable bonds is 3. The van der Waals surface area contributed by atoms with Crippen molar-refractivity contribution < 1.29 is 13.6 Å². The SMILES string of the molecule is CN(Cc1ccc(Cl)s1)C(=O)c1c(F)cccc1F. The quantitative estimate of drug-likeness (QED) is 0.840. The highest BCUT2D eigenvalue weighted by Gasteiger charge is 2.20. The minimum absolute atomic E-state index is 0.254. The van der Waals surface area contributed by atoms with Gasteiger partial charge in [-0.15, -0.1) is 11.3 Å². The Bertz CT molecular complexity index is 594. The molecule has 0 saturated carbocycles. The van der Waals surface area contributed by atoms with Gasteiger partial charge in [0.05, 0.1) is 10.9 Å². The third-order valence-electron chi connectivity index (χ3n) is 2.55.